The molecule has 0 spiro atoms. The number of hydrogen-bond acceptors (Lipinski definition) is 11. The van der Waals surface area contributed by atoms with Crippen LogP contribution in [0, 0.1) is 46.3 Å². The van der Waals surface area contributed by atoms with Crippen molar-refractivity contribution in [3.05, 3.63) is 0 Å². The summed E-state index contributed by atoms with van der Waals surface area (Å²) in [7, 11) is 0. The molecule has 11 heteroatoms. The van der Waals surface area contributed by atoms with Gasteiger partial charge in [0.2, 0.25) is 0 Å². The maximum absolute atomic E-state index is 12.4. The highest BCUT2D eigenvalue weighted by molar-refractivity contribution is 5.67. The molecule has 11 nitrogen and oxygen atoms in total. The minimum atomic E-state index is -1.40. The summed E-state index contributed by atoms with van der Waals surface area (Å²) in [6.45, 7) is 13.5. The van der Waals surface area contributed by atoms with Crippen molar-refractivity contribution >= 4 is 17.9 Å². The highest BCUT2D eigenvalue weighted by atomic mass is 16.7. The smallest absolute Gasteiger partial charge is 0.303 e. The molecule has 1 unspecified atom stereocenters. The first-order valence-electron chi connectivity index (χ1n) is 18.8. The quantitative estimate of drug-likeness (QED) is 0.156. The van der Waals surface area contributed by atoms with Crippen LogP contribution in [-0.2, 0) is 38.1 Å². The normalized spacial score (nSPS) is 44.4. The summed E-state index contributed by atoms with van der Waals surface area (Å²) in [5.74, 6) is 1.33. The Kier molecular flexibility index (Phi) is 11.8. The van der Waals surface area contributed by atoms with Gasteiger partial charge in [-0.25, -0.2) is 0 Å². The first-order chi connectivity index (χ1) is 23.0. The van der Waals surface area contributed by atoms with Gasteiger partial charge in [0.15, 0.2) is 18.5 Å². The van der Waals surface area contributed by atoms with Crippen LogP contribution < -0.4 is 0 Å². The zero-order valence-corrected chi connectivity index (χ0v) is 30.7. The van der Waals surface area contributed by atoms with Crippen LogP contribution >= 0.6 is 0 Å². The molecule has 0 bridgehead atoms. The van der Waals surface area contributed by atoms with Crippen molar-refractivity contribution in [2.24, 2.45) is 46.3 Å². The van der Waals surface area contributed by atoms with Gasteiger partial charge in [-0.3, -0.25) is 14.4 Å². The Morgan fingerprint density at radius 2 is 1.61 bits per heavy atom. The van der Waals surface area contributed by atoms with E-state index in [1.54, 1.807) is 0 Å². The van der Waals surface area contributed by atoms with Gasteiger partial charge in [-0.15, -0.1) is 0 Å². The van der Waals surface area contributed by atoms with E-state index in [1.165, 1.54) is 33.6 Å². The van der Waals surface area contributed by atoms with Gasteiger partial charge in [-0.2, -0.15) is 0 Å². The number of aliphatic hydroxyl groups is 3. The fourth-order valence-corrected chi connectivity index (χ4v) is 11.4. The second kappa shape index (κ2) is 15.1. The molecule has 5 fully saturated rings. The Hall–Kier alpha value is -1.79. The van der Waals surface area contributed by atoms with Gasteiger partial charge in [-0.05, 0) is 92.3 Å². The number of hydrogen-bond donors (Lipinski definition) is 3. The van der Waals surface area contributed by atoms with E-state index in [2.05, 4.69) is 27.7 Å². The fourth-order valence-electron chi connectivity index (χ4n) is 11.4. The number of aliphatic hydroxyl groups excluding tert-OH is 2. The molecule has 1 aliphatic heterocycles. The van der Waals surface area contributed by atoms with Gasteiger partial charge in [0.1, 0.15) is 6.10 Å². The Morgan fingerprint density at radius 1 is 0.898 bits per heavy atom. The fraction of sp³-hybridized carbons (Fsp3) is 0.921. The van der Waals surface area contributed by atoms with Crippen molar-refractivity contribution in [2.45, 2.75) is 162 Å². The molecule has 1 saturated heterocycles. The van der Waals surface area contributed by atoms with Crippen LogP contribution in [0.15, 0.2) is 0 Å². The Bertz CT molecular complexity index is 1190. The van der Waals surface area contributed by atoms with E-state index in [0.29, 0.717) is 61.4 Å². The minimum absolute atomic E-state index is 0.116. The van der Waals surface area contributed by atoms with Crippen LogP contribution in [0.4, 0.5) is 0 Å². The first-order valence-corrected chi connectivity index (χ1v) is 18.8. The highest BCUT2D eigenvalue weighted by Crippen LogP contribution is 2.69. The molecule has 0 amide bonds. The summed E-state index contributed by atoms with van der Waals surface area (Å²) in [6, 6.07) is 0. The van der Waals surface area contributed by atoms with Crippen LogP contribution in [0.25, 0.3) is 0 Å². The van der Waals surface area contributed by atoms with E-state index < -0.39 is 59.8 Å². The van der Waals surface area contributed by atoms with Crippen molar-refractivity contribution in [1.29, 1.82) is 0 Å². The van der Waals surface area contributed by atoms with E-state index in [1.807, 2.05) is 0 Å². The lowest BCUT2D eigenvalue weighted by Crippen LogP contribution is -2.69. The molecule has 3 N–H and O–H groups in total. The zero-order chi connectivity index (χ0) is 35.9. The molecule has 0 aromatic heterocycles. The molecule has 0 aromatic carbocycles. The van der Waals surface area contributed by atoms with Crippen molar-refractivity contribution in [2.75, 3.05) is 13.2 Å². The third-order valence-corrected chi connectivity index (χ3v) is 13.9. The number of esters is 3. The van der Waals surface area contributed by atoms with Crippen LogP contribution in [0.2, 0.25) is 0 Å². The molecule has 4 saturated carbocycles. The van der Waals surface area contributed by atoms with E-state index in [0.717, 1.165) is 32.1 Å². The number of fused-ring (bicyclic) bond motifs is 5. The number of rotatable bonds is 11. The summed E-state index contributed by atoms with van der Waals surface area (Å²) in [5.41, 5.74) is -1.62. The van der Waals surface area contributed by atoms with Gasteiger partial charge in [0.05, 0.1) is 31.0 Å². The summed E-state index contributed by atoms with van der Waals surface area (Å²) < 4.78 is 27.8. The average molecular weight is 695 g/mol. The SMILES string of the molecule is CC(=O)OCC(C)CCC[C@@H](C)[C@H]1CC[C@H]2[C@@H]3C[C@@H](O)[C@@]4(O)C[C@@H](O[C@@H]5OC[C@@H](OC(C)=O)[C@@H](OC(C)=O)[C@@H]5O)CC[C@]4(C)[C@H]3CC[C@]12C. The summed E-state index contributed by atoms with van der Waals surface area (Å²) in [6.07, 6.45) is 3.90. The van der Waals surface area contributed by atoms with Crippen LogP contribution in [-0.4, -0.2) is 88.9 Å². The lowest BCUT2D eigenvalue weighted by molar-refractivity contribution is -0.312. The number of carbonyl (C=O) groups excluding carboxylic acids is 3. The van der Waals surface area contributed by atoms with Crippen LogP contribution in [0.5, 0.6) is 0 Å². The second-order valence-electron chi connectivity index (χ2n) is 16.9. The van der Waals surface area contributed by atoms with Gasteiger partial charge in [-0.1, -0.05) is 40.5 Å². The van der Waals surface area contributed by atoms with Crippen molar-refractivity contribution in [3.63, 3.8) is 0 Å². The Labute approximate surface area is 292 Å². The molecular formula is C38H62O11. The predicted molar refractivity (Wildman–Crippen MR) is 179 cm³/mol. The predicted octanol–water partition coefficient (Wildman–Crippen LogP) is 4.70. The molecule has 280 valence electrons. The van der Waals surface area contributed by atoms with Crippen LogP contribution in [0.3, 0.4) is 0 Å². The molecule has 5 rings (SSSR count). The first kappa shape index (κ1) is 38.4. The van der Waals surface area contributed by atoms with Crippen molar-refractivity contribution in [1.82, 2.24) is 0 Å². The van der Waals surface area contributed by atoms with Gasteiger partial charge in [0.25, 0.3) is 0 Å². The Balaban J connectivity index is 1.22. The van der Waals surface area contributed by atoms with Gasteiger partial charge < -0.3 is 39.0 Å². The monoisotopic (exact) mass is 694 g/mol. The van der Waals surface area contributed by atoms with E-state index in [4.69, 9.17) is 23.7 Å². The highest BCUT2D eigenvalue weighted by Gasteiger charge is 2.68. The van der Waals surface area contributed by atoms with Gasteiger partial charge >= 0.3 is 17.9 Å². The lowest BCUT2D eigenvalue weighted by atomic mass is 9.42. The second-order valence-corrected chi connectivity index (χ2v) is 16.9. The summed E-state index contributed by atoms with van der Waals surface area (Å²) >= 11 is 0. The Morgan fingerprint density at radius 3 is 2.29 bits per heavy atom. The zero-order valence-electron chi connectivity index (χ0n) is 30.7. The molecular weight excluding hydrogens is 632 g/mol. The van der Waals surface area contributed by atoms with E-state index >= 15 is 0 Å². The number of ether oxygens (including phenoxy) is 5. The molecule has 0 radical (unpaired) electrons. The third kappa shape index (κ3) is 7.57. The summed E-state index contributed by atoms with van der Waals surface area (Å²) in [4.78, 5) is 34.6. The van der Waals surface area contributed by atoms with Gasteiger partial charge in [0, 0.05) is 32.6 Å². The molecule has 1 heterocycles. The molecule has 15 atom stereocenters. The van der Waals surface area contributed by atoms with Crippen molar-refractivity contribution < 1.29 is 53.4 Å². The van der Waals surface area contributed by atoms with E-state index in [9.17, 15) is 29.7 Å². The topological polar surface area (TPSA) is 158 Å². The maximum atomic E-state index is 12.4. The van der Waals surface area contributed by atoms with Crippen LogP contribution in [0.1, 0.15) is 119 Å². The standard InChI is InChI=1S/C38H62O11/c1-21(19-45-23(3)39)9-8-10-22(2)28-11-12-29-27-17-32(42)38(44)18-26(13-16-37(38,7)30(27)14-15-36(28,29)6)49-35-33(43)34(48-25(5)41)31(20-46-35)47-24(4)40/h21-22,26-35,42-44H,8-20H2,1-7H3/t21?,22-,26+,27+,28-,29+,30+,31-,32-,33+,34-,35+,36-,37-,38+/m1/s1. The number of carbonyl (C=O) groups is 3. The molecule has 49 heavy (non-hydrogen) atoms. The summed E-state index contributed by atoms with van der Waals surface area (Å²) in [5, 5.41) is 35.3. The van der Waals surface area contributed by atoms with Crippen molar-refractivity contribution in [3.8, 4) is 0 Å². The van der Waals surface area contributed by atoms with E-state index in [-0.39, 0.29) is 24.4 Å². The molecule has 5 aliphatic rings. The minimum Gasteiger partial charge on any atom is -0.466 e. The maximum Gasteiger partial charge on any atom is 0.303 e. The third-order valence-electron chi connectivity index (χ3n) is 13.9. The lowest BCUT2D eigenvalue weighted by Gasteiger charge is -2.65. The molecule has 0 aromatic rings. The average Bonchev–Trinajstić information content (AvgIpc) is 3.38. The largest absolute Gasteiger partial charge is 0.466 e. The molecule has 4 aliphatic carbocycles.